The summed E-state index contributed by atoms with van der Waals surface area (Å²) in [6.07, 6.45) is 4.70. The number of hydrogen-bond donors (Lipinski definition) is 0. The van der Waals surface area contributed by atoms with Crippen LogP contribution in [0.25, 0.3) is 0 Å². The van der Waals surface area contributed by atoms with Crippen LogP contribution in [0, 0.1) is 23.7 Å². The summed E-state index contributed by atoms with van der Waals surface area (Å²) in [5, 5.41) is 0. The summed E-state index contributed by atoms with van der Waals surface area (Å²) in [4.78, 5) is 18.5. The van der Waals surface area contributed by atoms with E-state index in [1.807, 2.05) is 0 Å². The maximum Gasteiger partial charge on any atom is 0.139 e. The fourth-order valence-corrected chi connectivity index (χ4v) is 5.34. The first kappa shape index (κ1) is 18.4. The molecule has 2 bridgehead atoms. The molecule has 0 spiro atoms. The second kappa shape index (κ2) is 6.39. The number of carbonyl (C=O) groups is 1. The van der Waals surface area contributed by atoms with Gasteiger partial charge in [0.05, 0.1) is 0 Å². The third-order valence-corrected chi connectivity index (χ3v) is 6.96. The van der Waals surface area contributed by atoms with Gasteiger partial charge in [0, 0.05) is 36.0 Å². The van der Waals surface area contributed by atoms with Crippen LogP contribution in [0.2, 0.25) is 0 Å². The zero-order valence-corrected chi connectivity index (χ0v) is 16.8. The quantitative estimate of drug-likeness (QED) is 0.767. The molecule has 3 nitrogen and oxygen atoms in total. The van der Waals surface area contributed by atoms with Crippen molar-refractivity contribution in [1.82, 2.24) is 9.80 Å². The van der Waals surface area contributed by atoms with E-state index in [1.165, 1.54) is 12.8 Å². The Bertz CT molecular complexity index is 451. The van der Waals surface area contributed by atoms with Crippen LogP contribution in [-0.4, -0.2) is 52.8 Å². The molecule has 0 N–H and O–H groups in total. The van der Waals surface area contributed by atoms with E-state index >= 15 is 0 Å². The smallest absolute Gasteiger partial charge is 0.139 e. The van der Waals surface area contributed by atoms with E-state index in [-0.39, 0.29) is 11.1 Å². The zero-order chi connectivity index (χ0) is 17.7. The largest absolute Gasteiger partial charge is 0.299 e. The molecule has 0 aromatic carbocycles. The van der Waals surface area contributed by atoms with Gasteiger partial charge in [0.2, 0.25) is 0 Å². The number of nitrogens with zero attached hydrogens (tertiary/aromatic N) is 2. The Morgan fingerprint density at radius 3 is 1.62 bits per heavy atom. The molecule has 2 aliphatic heterocycles. The maximum absolute atomic E-state index is 13.3. The third-order valence-electron chi connectivity index (χ3n) is 6.96. The normalized spacial score (nSPS) is 33.8. The van der Waals surface area contributed by atoms with Gasteiger partial charge in [-0.1, -0.05) is 0 Å². The lowest BCUT2D eigenvalue weighted by Crippen LogP contribution is -2.54. The number of carbonyl (C=O) groups excluding carboxylic acids is 1. The predicted molar refractivity (Wildman–Crippen MR) is 100 cm³/mol. The van der Waals surface area contributed by atoms with Gasteiger partial charge in [-0.3, -0.25) is 14.6 Å². The second-order valence-electron chi connectivity index (χ2n) is 10.5. The molecule has 0 amide bonds. The first-order valence-corrected chi connectivity index (χ1v) is 10.1. The van der Waals surface area contributed by atoms with E-state index in [9.17, 15) is 4.79 Å². The summed E-state index contributed by atoms with van der Waals surface area (Å²) < 4.78 is 0. The van der Waals surface area contributed by atoms with Crippen LogP contribution in [0.5, 0.6) is 0 Å². The molecule has 138 valence electrons. The van der Waals surface area contributed by atoms with E-state index in [2.05, 4.69) is 51.3 Å². The van der Waals surface area contributed by atoms with Crippen LogP contribution in [0.4, 0.5) is 0 Å². The predicted octanol–water partition coefficient (Wildman–Crippen LogP) is 3.82. The molecule has 1 aliphatic carbocycles. The molecule has 2 heterocycles. The average molecular weight is 335 g/mol. The second-order valence-corrected chi connectivity index (χ2v) is 10.5. The number of ketones is 1. The lowest BCUT2D eigenvalue weighted by atomic mass is 9.74. The molecule has 1 saturated carbocycles. The van der Waals surface area contributed by atoms with E-state index in [4.69, 9.17) is 0 Å². The Hall–Kier alpha value is -0.410. The molecule has 2 saturated heterocycles. The number of fused-ring (bicyclic) bond motifs is 2. The van der Waals surface area contributed by atoms with Gasteiger partial charge in [-0.05, 0) is 92.2 Å². The van der Waals surface area contributed by atoms with Crippen LogP contribution in [-0.2, 0) is 4.79 Å². The molecule has 0 aromatic heterocycles. The van der Waals surface area contributed by atoms with Crippen molar-refractivity contribution in [3.05, 3.63) is 0 Å². The third kappa shape index (κ3) is 3.58. The summed E-state index contributed by atoms with van der Waals surface area (Å²) in [6.45, 7) is 18.3. The van der Waals surface area contributed by atoms with Gasteiger partial charge in [-0.2, -0.15) is 0 Å². The van der Waals surface area contributed by atoms with Gasteiger partial charge in [0.15, 0.2) is 0 Å². The highest BCUT2D eigenvalue weighted by molar-refractivity contribution is 5.84. The topological polar surface area (TPSA) is 23.6 Å². The molecular weight excluding hydrogens is 296 g/mol. The van der Waals surface area contributed by atoms with Crippen LogP contribution in [0.1, 0.15) is 67.2 Å². The molecular formula is C21H38N2O. The number of likely N-dealkylation sites (tertiary alicyclic amines) is 2. The molecule has 2 unspecified atom stereocenters. The highest BCUT2D eigenvalue weighted by Crippen LogP contribution is 2.46. The van der Waals surface area contributed by atoms with Gasteiger partial charge in [0.1, 0.15) is 5.78 Å². The monoisotopic (exact) mass is 334 g/mol. The molecule has 3 fully saturated rings. The fourth-order valence-electron chi connectivity index (χ4n) is 5.34. The summed E-state index contributed by atoms with van der Waals surface area (Å²) >= 11 is 0. The Morgan fingerprint density at radius 2 is 1.21 bits per heavy atom. The standard InChI is InChI=1S/C21H38N2O/c1-20(2,3)22-11-9-15(10-12-22)19(24)18-16-7-8-17(18)14-23(13-16)21(4,5)6/h15-18H,7-14H2,1-6H3. The Balaban J connectivity index is 1.61. The molecule has 24 heavy (non-hydrogen) atoms. The highest BCUT2D eigenvalue weighted by atomic mass is 16.1. The first-order chi connectivity index (χ1) is 11.1. The Labute approximate surface area is 149 Å². The summed E-state index contributed by atoms with van der Waals surface area (Å²) in [5.74, 6) is 2.57. The molecule has 3 heteroatoms. The minimum Gasteiger partial charge on any atom is -0.299 e. The van der Waals surface area contributed by atoms with Crippen molar-refractivity contribution in [2.45, 2.75) is 78.3 Å². The summed E-state index contributed by atoms with van der Waals surface area (Å²) in [5.41, 5.74) is 0.484. The SMILES string of the molecule is CC(C)(C)N1CCC(C(=O)C2C3CCC2CN(C(C)(C)C)C3)CC1. The van der Waals surface area contributed by atoms with Gasteiger partial charge in [-0.25, -0.2) is 0 Å². The van der Waals surface area contributed by atoms with Crippen molar-refractivity contribution in [3.63, 3.8) is 0 Å². The van der Waals surface area contributed by atoms with Crippen LogP contribution in [0.15, 0.2) is 0 Å². The molecule has 0 radical (unpaired) electrons. The Kier molecular flexibility index (Phi) is 4.90. The maximum atomic E-state index is 13.3. The van der Waals surface area contributed by atoms with E-state index in [0.717, 1.165) is 39.0 Å². The van der Waals surface area contributed by atoms with Gasteiger partial charge >= 0.3 is 0 Å². The van der Waals surface area contributed by atoms with Crippen molar-refractivity contribution in [2.75, 3.05) is 26.2 Å². The van der Waals surface area contributed by atoms with E-state index in [1.54, 1.807) is 0 Å². The lowest BCUT2D eigenvalue weighted by Gasteiger charge is -2.46. The van der Waals surface area contributed by atoms with Crippen molar-refractivity contribution < 1.29 is 4.79 Å². The summed E-state index contributed by atoms with van der Waals surface area (Å²) in [7, 11) is 0. The van der Waals surface area contributed by atoms with Gasteiger partial charge in [-0.15, -0.1) is 0 Å². The number of Topliss-reactive ketones (excluding diaryl/α,β-unsaturated/α-hetero) is 1. The molecule has 2 atom stereocenters. The number of rotatable bonds is 2. The van der Waals surface area contributed by atoms with Crippen LogP contribution >= 0.6 is 0 Å². The number of piperidine rings is 2. The fraction of sp³-hybridized carbons (Fsp3) is 0.952. The first-order valence-electron chi connectivity index (χ1n) is 10.1. The zero-order valence-electron chi connectivity index (χ0n) is 16.8. The average Bonchev–Trinajstić information content (AvgIpc) is 2.74. The minimum atomic E-state index is 0.241. The van der Waals surface area contributed by atoms with Crippen molar-refractivity contribution in [2.24, 2.45) is 23.7 Å². The van der Waals surface area contributed by atoms with Crippen LogP contribution in [0.3, 0.4) is 0 Å². The van der Waals surface area contributed by atoms with Gasteiger partial charge < -0.3 is 0 Å². The summed E-state index contributed by atoms with van der Waals surface area (Å²) in [6, 6.07) is 0. The highest BCUT2D eigenvalue weighted by Gasteiger charge is 2.49. The van der Waals surface area contributed by atoms with E-state index in [0.29, 0.717) is 29.5 Å². The van der Waals surface area contributed by atoms with Crippen molar-refractivity contribution in [3.8, 4) is 0 Å². The lowest BCUT2D eigenvalue weighted by molar-refractivity contribution is -0.134. The van der Waals surface area contributed by atoms with Crippen LogP contribution < -0.4 is 0 Å². The molecule has 3 rings (SSSR count). The van der Waals surface area contributed by atoms with E-state index < -0.39 is 0 Å². The van der Waals surface area contributed by atoms with Crippen molar-refractivity contribution >= 4 is 5.78 Å². The van der Waals surface area contributed by atoms with Crippen molar-refractivity contribution in [1.29, 1.82) is 0 Å². The van der Waals surface area contributed by atoms with Gasteiger partial charge in [0.25, 0.3) is 0 Å². The minimum absolute atomic E-state index is 0.241. The number of hydrogen-bond acceptors (Lipinski definition) is 3. The Morgan fingerprint density at radius 1 is 0.750 bits per heavy atom. The molecule has 0 aromatic rings. The molecule has 3 aliphatic rings.